The quantitative estimate of drug-likeness (QED) is 0.0209. The van der Waals surface area contributed by atoms with Crippen LogP contribution in [0.1, 0.15) is 141 Å². The maximum atomic E-state index is 14.5. The Hall–Kier alpha value is -11.9. The second-order valence-corrected chi connectivity index (χ2v) is 29.5. The monoisotopic (exact) mass is 1520 g/mol. The molecule has 6 heterocycles. The molecule has 2 fully saturated rings. The number of benzene rings is 6. The van der Waals surface area contributed by atoms with Gasteiger partial charge >= 0.3 is 6.09 Å². The number of anilines is 4. The Bertz CT molecular complexity index is 4640. The zero-order chi connectivity index (χ0) is 78.4. The van der Waals surface area contributed by atoms with E-state index in [9.17, 15) is 48.3 Å². The van der Waals surface area contributed by atoms with Gasteiger partial charge in [0.15, 0.2) is 29.2 Å². The number of hydrogen-bond acceptors (Lipinski definition) is 20. The van der Waals surface area contributed by atoms with Gasteiger partial charge in [0.25, 0.3) is 11.8 Å². The summed E-state index contributed by atoms with van der Waals surface area (Å²) in [5.74, 6) is -2.22. The van der Waals surface area contributed by atoms with Crippen LogP contribution in [0.25, 0.3) is 17.0 Å². The van der Waals surface area contributed by atoms with Crippen molar-refractivity contribution >= 4 is 93.1 Å². The molecule has 9 amide bonds. The van der Waals surface area contributed by atoms with Crippen molar-refractivity contribution in [3.8, 4) is 28.7 Å². The number of rotatable bonds is 28. The number of carbonyl (C=O) groups is 9. The van der Waals surface area contributed by atoms with E-state index < -0.39 is 79.0 Å². The molecule has 0 aromatic heterocycles. The van der Waals surface area contributed by atoms with Crippen molar-refractivity contribution in [1.82, 2.24) is 47.0 Å². The molecule has 1 aliphatic carbocycles. The summed E-state index contributed by atoms with van der Waals surface area (Å²) < 4.78 is 35.3. The lowest BCUT2D eigenvalue weighted by Crippen LogP contribution is -2.55. The number of para-hydroxylation sites is 1. The van der Waals surface area contributed by atoms with Gasteiger partial charge in [-0.15, -0.1) is 5.53 Å². The maximum Gasteiger partial charge on any atom is 0.416 e. The molecule has 6 aromatic rings. The van der Waals surface area contributed by atoms with E-state index in [-0.39, 0.29) is 90.6 Å². The summed E-state index contributed by atoms with van der Waals surface area (Å²) in [6.45, 7) is 9.51. The number of carbonyl (C=O) groups excluding carboxylic acids is 9. The van der Waals surface area contributed by atoms with Gasteiger partial charge in [-0.05, 0) is 142 Å². The van der Waals surface area contributed by atoms with Crippen molar-refractivity contribution in [3.63, 3.8) is 0 Å². The minimum absolute atomic E-state index is 0.0584. The number of methoxy groups -OCH3 is 3. The summed E-state index contributed by atoms with van der Waals surface area (Å²) in [6, 6.07) is 33.3. The highest BCUT2D eigenvalue weighted by Gasteiger charge is 2.58. The minimum Gasteiger partial charge on any atom is -0.497 e. The molecule has 6 aliphatic heterocycles. The van der Waals surface area contributed by atoms with Gasteiger partial charge in [0.2, 0.25) is 35.4 Å². The maximum absolute atomic E-state index is 14.5. The molecule has 1 saturated heterocycles. The van der Waals surface area contributed by atoms with E-state index in [0.29, 0.717) is 91.5 Å². The lowest BCUT2D eigenvalue weighted by molar-refractivity contribution is -0.132. The van der Waals surface area contributed by atoms with Crippen LogP contribution in [0.5, 0.6) is 28.7 Å². The molecule has 0 unspecified atom stereocenters. The van der Waals surface area contributed by atoms with E-state index in [1.165, 1.54) is 33.3 Å². The van der Waals surface area contributed by atoms with E-state index in [4.69, 9.17) is 28.4 Å². The summed E-state index contributed by atoms with van der Waals surface area (Å²) >= 11 is 0. The molecule has 29 nitrogen and oxygen atoms in total. The number of nitrogens with zero attached hydrogens (tertiary/aromatic N) is 5. The van der Waals surface area contributed by atoms with Crippen LogP contribution < -0.4 is 76.3 Å². The van der Waals surface area contributed by atoms with E-state index in [1.807, 2.05) is 90.1 Å². The third-order valence-corrected chi connectivity index (χ3v) is 21.3. The van der Waals surface area contributed by atoms with Gasteiger partial charge in [0.1, 0.15) is 24.4 Å². The van der Waals surface area contributed by atoms with Gasteiger partial charge in [-0.3, -0.25) is 43.4 Å². The summed E-state index contributed by atoms with van der Waals surface area (Å²) in [5, 5.41) is 30.7. The van der Waals surface area contributed by atoms with Gasteiger partial charge in [-0.25, -0.2) is 9.69 Å². The van der Waals surface area contributed by atoms with Crippen LogP contribution in [-0.4, -0.2) is 170 Å². The number of hydrazine groups is 2. The first-order valence-corrected chi connectivity index (χ1v) is 37.7. The molecular weight excluding hydrogens is 1420 g/mol. The lowest BCUT2D eigenvalue weighted by atomic mass is 9.95. The summed E-state index contributed by atoms with van der Waals surface area (Å²) in [4.78, 5) is 130. The minimum atomic E-state index is -1.48. The molecule has 1 spiro atoms. The second-order valence-electron chi connectivity index (χ2n) is 29.5. The number of fused-ring (bicyclic) bond motifs is 8. The fraction of sp³-hybridized carbons (Fsp3) is 0.402. The Labute approximate surface area is 643 Å². The predicted octanol–water partition coefficient (Wildman–Crippen LogP) is 8.19. The fourth-order valence-electron chi connectivity index (χ4n) is 15.0. The van der Waals surface area contributed by atoms with Crippen molar-refractivity contribution in [3.05, 3.63) is 166 Å². The first-order valence-electron chi connectivity index (χ1n) is 37.7. The van der Waals surface area contributed by atoms with Gasteiger partial charge in [0.05, 0.1) is 106 Å². The zero-order valence-corrected chi connectivity index (χ0v) is 63.5. The van der Waals surface area contributed by atoms with Gasteiger partial charge < -0.3 is 85.6 Å². The molecule has 6 aromatic carbocycles. The first kappa shape index (κ1) is 77.3. The van der Waals surface area contributed by atoms with Gasteiger partial charge in [-0.2, -0.15) is 0 Å². The lowest BCUT2D eigenvalue weighted by Gasteiger charge is -2.32. The summed E-state index contributed by atoms with van der Waals surface area (Å²) in [6.07, 6.45) is 4.06. The molecule has 7 aliphatic rings. The number of amides is 9. The van der Waals surface area contributed by atoms with Crippen LogP contribution in [0, 0.1) is 11.3 Å². The zero-order valence-electron chi connectivity index (χ0n) is 63.5. The van der Waals surface area contributed by atoms with Gasteiger partial charge in [0, 0.05) is 67.1 Å². The number of unbranched alkanes of at least 4 members (excludes halogenated alkanes) is 2. The Kier molecular flexibility index (Phi) is 23.4. The third-order valence-electron chi connectivity index (χ3n) is 21.3. The number of hydrogen-bond donors (Lipinski definition) is 9. The predicted molar refractivity (Wildman–Crippen MR) is 413 cm³/mol. The van der Waals surface area contributed by atoms with Crippen molar-refractivity contribution in [1.29, 1.82) is 0 Å². The van der Waals surface area contributed by atoms with Gasteiger partial charge in [-0.1, -0.05) is 80.6 Å². The van der Waals surface area contributed by atoms with E-state index in [0.717, 1.165) is 62.7 Å². The van der Waals surface area contributed by atoms with Crippen LogP contribution in [-0.2, 0) is 46.7 Å². The SMILES string of the molecule is COc1ccc(C2=CN3C(=O)c4cc(OC)c(OCCCCCOc5cc6c(cc5OC)C(=O)N5CC7(CC7)C[C@H]5[C@H](O)N6C(=O)OCc5ccc(NC(=O)[C@H](C)NC(=O)[C@@H](NC(=O)CNC(=O)CNC(=O)CCC(=O)N6Cc7ccccc7C7=C(c8ccccc86)N(C(C)C)NN7)C(C)C)cc5)cc4NC[C@@H]3C2)cc1. The number of nitrogens with one attached hydrogen (secondary N) is 8. The first-order chi connectivity index (χ1) is 53.5. The highest BCUT2D eigenvalue weighted by Crippen LogP contribution is 2.57. The van der Waals surface area contributed by atoms with Crippen molar-refractivity contribution in [2.24, 2.45) is 11.3 Å². The highest BCUT2D eigenvalue weighted by molar-refractivity contribution is 6.07. The van der Waals surface area contributed by atoms with Crippen LogP contribution in [0.15, 0.2) is 128 Å². The molecule has 5 atom stereocenters. The molecule has 111 heavy (non-hydrogen) atoms. The second kappa shape index (κ2) is 33.6. The molecule has 13 rings (SSSR count). The Balaban J connectivity index is 0.556. The number of ether oxygens (including phenoxy) is 6. The summed E-state index contributed by atoms with van der Waals surface area (Å²) in [5.41, 5.74) is 15.9. The molecule has 584 valence electrons. The Morgan fingerprint density at radius 1 is 0.667 bits per heavy atom. The standard InChI is InChI=1S/C82H95N13O16/c1-47(2)73(88-71(98)42-85-70(97)41-84-69(96)28-29-72(99)92-43-52-16-10-11-17-57(52)74-75(95(48(3)4)90-89-74)58-18-12-13-19-62(58)92)77(101)86-49(5)76(100)87-54-24-20-50(21-25-54)45-111-81(105)94-63-38-68(66(108-8)36-60(63)79(103)93-46-82(30-31-82)39-64(93)80(94)104)110-33-15-9-14-32-109-67-37-61-59(35-65(67)107-7)78(102)91-44-53(34-55(91)40-83-61)51-22-26-56(106-6)27-23-51/h10-13,16-27,35-38,44,47-49,55,64,73,80,83,89-90,104H,9,14-15,28-34,39-43,45-46H2,1-8H3,(H,84,96)(H,85,97)(H,86,101)(H,87,100)(H,88,98)/t49-,55-,64-,73-,80-/m0/s1. The van der Waals surface area contributed by atoms with Crippen molar-refractivity contribution in [2.75, 3.05) is 81.2 Å². The van der Waals surface area contributed by atoms with E-state index in [2.05, 4.69) is 56.7 Å². The molecule has 9 N–H and O–H groups in total. The highest BCUT2D eigenvalue weighted by atomic mass is 16.6. The average Bonchev–Trinajstić information content (AvgIpc) is 1.57. The molecular formula is C82H95N13O16. The van der Waals surface area contributed by atoms with E-state index >= 15 is 0 Å². The molecule has 1 saturated carbocycles. The Morgan fingerprint density at radius 2 is 1.34 bits per heavy atom. The van der Waals surface area contributed by atoms with Crippen LogP contribution in [0.4, 0.5) is 27.5 Å². The molecule has 0 bridgehead atoms. The van der Waals surface area contributed by atoms with E-state index in [1.54, 1.807) is 66.0 Å². The Morgan fingerprint density at radius 3 is 2.04 bits per heavy atom. The fourth-order valence-corrected chi connectivity index (χ4v) is 15.0. The van der Waals surface area contributed by atoms with Crippen LogP contribution in [0.3, 0.4) is 0 Å². The summed E-state index contributed by atoms with van der Waals surface area (Å²) in [7, 11) is 4.63. The average molecular weight is 1520 g/mol. The largest absolute Gasteiger partial charge is 0.497 e. The molecule has 29 heteroatoms. The smallest absolute Gasteiger partial charge is 0.416 e. The number of aliphatic hydroxyl groups excluding tert-OH is 1. The third kappa shape index (κ3) is 17.0. The van der Waals surface area contributed by atoms with Crippen LogP contribution >= 0.6 is 0 Å². The van der Waals surface area contributed by atoms with Crippen molar-refractivity contribution < 1.29 is 76.7 Å². The normalized spacial score (nSPS) is 18.1. The van der Waals surface area contributed by atoms with Crippen molar-refractivity contribution in [2.45, 2.75) is 142 Å². The molecule has 0 radical (unpaired) electrons. The van der Waals surface area contributed by atoms with Crippen LogP contribution in [0.2, 0.25) is 0 Å². The topological polar surface area (TPSA) is 342 Å². The number of aliphatic hydroxyl groups is 1.